The molecule has 3 N–H and O–H groups in total. The largest absolute Gasteiger partial charge is 0.361 e. The quantitative estimate of drug-likeness (QED) is 0.465. The van der Waals surface area contributed by atoms with Crippen LogP contribution in [0.1, 0.15) is 16.8 Å². The summed E-state index contributed by atoms with van der Waals surface area (Å²) in [6, 6.07) is 19.7. The van der Waals surface area contributed by atoms with Crippen LogP contribution in [0.15, 0.2) is 60.8 Å². The van der Waals surface area contributed by atoms with Crippen molar-refractivity contribution >= 4 is 28.4 Å². The lowest BCUT2D eigenvalue weighted by Crippen LogP contribution is -2.09. The van der Waals surface area contributed by atoms with Gasteiger partial charge in [-0.05, 0) is 37.1 Å². The maximum atomic E-state index is 9.25. The number of nitriles is 1. The fraction of sp³-hybridized carbons (Fsp3) is 0.136. The second-order valence-corrected chi connectivity index (χ2v) is 6.54. The molecule has 0 unspecified atom stereocenters. The molecule has 0 aliphatic carbocycles. The molecule has 0 amide bonds. The summed E-state index contributed by atoms with van der Waals surface area (Å²) >= 11 is 0. The van der Waals surface area contributed by atoms with E-state index in [9.17, 15) is 5.26 Å². The van der Waals surface area contributed by atoms with E-state index in [0.29, 0.717) is 17.3 Å². The van der Waals surface area contributed by atoms with Crippen LogP contribution in [-0.2, 0) is 6.42 Å². The molecule has 0 atom stereocenters. The molecule has 138 valence electrons. The zero-order valence-corrected chi connectivity index (χ0v) is 15.5. The van der Waals surface area contributed by atoms with Crippen molar-refractivity contribution in [2.24, 2.45) is 0 Å². The van der Waals surface area contributed by atoms with Gasteiger partial charge in [0.25, 0.3) is 0 Å². The molecule has 6 nitrogen and oxygen atoms in total. The zero-order chi connectivity index (χ0) is 19.3. The Kier molecular flexibility index (Phi) is 4.89. The van der Waals surface area contributed by atoms with E-state index < -0.39 is 0 Å². The van der Waals surface area contributed by atoms with Crippen LogP contribution in [0.2, 0.25) is 0 Å². The highest BCUT2D eigenvalue weighted by Crippen LogP contribution is 2.21. The Bertz CT molecular complexity index is 1160. The predicted octanol–water partition coefficient (Wildman–Crippen LogP) is 4.54. The Morgan fingerprint density at radius 2 is 1.89 bits per heavy atom. The number of H-pyrrole nitrogens is 1. The lowest BCUT2D eigenvalue weighted by Gasteiger charge is -2.11. The van der Waals surface area contributed by atoms with Crippen molar-refractivity contribution in [2.45, 2.75) is 13.3 Å². The summed E-state index contributed by atoms with van der Waals surface area (Å²) in [5, 5.41) is 17.0. The molecule has 6 heteroatoms. The van der Waals surface area contributed by atoms with Crippen molar-refractivity contribution < 1.29 is 0 Å². The average molecular weight is 368 g/mol. The second kappa shape index (κ2) is 7.80. The Hall–Kier alpha value is -3.85. The van der Waals surface area contributed by atoms with E-state index >= 15 is 0 Å². The number of fused-ring (bicyclic) bond motifs is 1. The predicted molar refractivity (Wildman–Crippen MR) is 112 cm³/mol. The molecule has 2 heterocycles. The van der Waals surface area contributed by atoms with Crippen molar-refractivity contribution in [2.75, 3.05) is 17.2 Å². The number of hydrogen-bond acceptors (Lipinski definition) is 5. The topological polar surface area (TPSA) is 89.4 Å². The monoisotopic (exact) mass is 368 g/mol. The van der Waals surface area contributed by atoms with Crippen LogP contribution in [0.3, 0.4) is 0 Å². The summed E-state index contributed by atoms with van der Waals surface area (Å²) in [5.41, 5.74) is 4.56. The third-order valence-electron chi connectivity index (χ3n) is 4.52. The molecule has 0 saturated carbocycles. The number of para-hydroxylation sites is 2. The number of aryl methyl sites for hydroxylation is 1. The van der Waals surface area contributed by atoms with Crippen LogP contribution in [0.4, 0.5) is 17.5 Å². The van der Waals surface area contributed by atoms with Crippen LogP contribution >= 0.6 is 0 Å². The molecule has 0 fully saturated rings. The number of benzene rings is 2. The van der Waals surface area contributed by atoms with E-state index in [4.69, 9.17) is 0 Å². The Labute approximate surface area is 163 Å². The number of nitrogens with one attached hydrogen (secondary N) is 3. The lowest BCUT2D eigenvalue weighted by atomic mass is 10.1. The highest BCUT2D eigenvalue weighted by Gasteiger charge is 2.07. The maximum absolute atomic E-state index is 9.25. The number of aromatic amines is 1. The van der Waals surface area contributed by atoms with Crippen LogP contribution in [0, 0.1) is 18.3 Å². The van der Waals surface area contributed by atoms with Crippen molar-refractivity contribution in [3.8, 4) is 6.07 Å². The van der Waals surface area contributed by atoms with E-state index in [2.05, 4.69) is 50.0 Å². The molecular weight excluding hydrogens is 348 g/mol. The Balaban J connectivity index is 1.46. The maximum Gasteiger partial charge on any atom is 0.224 e. The van der Waals surface area contributed by atoms with Gasteiger partial charge in [0.1, 0.15) is 11.9 Å². The second-order valence-electron chi connectivity index (χ2n) is 6.54. The van der Waals surface area contributed by atoms with E-state index in [1.54, 1.807) is 6.07 Å². The highest BCUT2D eigenvalue weighted by atomic mass is 15.1. The first-order valence-corrected chi connectivity index (χ1v) is 9.13. The minimum atomic E-state index is 0.566. The standard InChI is InChI=1S/C22H20N6/c1-15-12-21(27-19-8-4-2-6-16(19)13-23)28-22(26-15)24-11-10-17-14-25-20-9-5-3-7-18(17)20/h2-9,12,14,25H,10-11H2,1H3,(H2,24,26,27,28). The summed E-state index contributed by atoms with van der Waals surface area (Å²) < 4.78 is 0. The summed E-state index contributed by atoms with van der Waals surface area (Å²) in [4.78, 5) is 12.3. The molecule has 0 aliphatic heterocycles. The molecule has 0 spiro atoms. The molecule has 28 heavy (non-hydrogen) atoms. The smallest absolute Gasteiger partial charge is 0.224 e. The van der Waals surface area contributed by atoms with E-state index in [1.807, 2.05) is 43.3 Å². The van der Waals surface area contributed by atoms with Gasteiger partial charge >= 0.3 is 0 Å². The normalized spacial score (nSPS) is 10.6. The molecular formula is C22H20N6. The van der Waals surface area contributed by atoms with Crippen LogP contribution < -0.4 is 10.6 Å². The first kappa shape index (κ1) is 17.6. The van der Waals surface area contributed by atoms with Gasteiger partial charge in [0, 0.05) is 35.4 Å². The van der Waals surface area contributed by atoms with Crippen LogP contribution in [0.5, 0.6) is 0 Å². The summed E-state index contributed by atoms with van der Waals surface area (Å²) in [6.07, 6.45) is 2.91. The van der Waals surface area contributed by atoms with Gasteiger partial charge in [-0.2, -0.15) is 10.2 Å². The first-order chi connectivity index (χ1) is 13.7. The van der Waals surface area contributed by atoms with Crippen molar-refractivity contribution in [3.63, 3.8) is 0 Å². The number of aromatic nitrogens is 3. The molecule has 0 radical (unpaired) electrons. The minimum Gasteiger partial charge on any atom is -0.361 e. The lowest BCUT2D eigenvalue weighted by molar-refractivity contribution is 0.981. The van der Waals surface area contributed by atoms with Crippen molar-refractivity contribution in [1.82, 2.24) is 15.0 Å². The summed E-state index contributed by atoms with van der Waals surface area (Å²) in [7, 11) is 0. The molecule has 4 rings (SSSR count). The molecule has 4 aromatic rings. The van der Waals surface area contributed by atoms with Crippen LogP contribution in [-0.4, -0.2) is 21.5 Å². The fourth-order valence-corrected chi connectivity index (χ4v) is 3.19. The number of anilines is 3. The molecule has 0 aliphatic rings. The number of hydrogen-bond donors (Lipinski definition) is 3. The number of rotatable bonds is 6. The van der Waals surface area contributed by atoms with Gasteiger partial charge in [0.05, 0.1) is 11.3 Å². The van der Waals surface area contributed by atoms with Gasteiger partial charge in [0.15, 0.2) is 0 Å². The van der Waals surface area contributed by atoms with Crippen molar-refractivity contribution in [3.05, 3.63) is 77.6 Å². The third kappa shape index (κ3) is 3.79. The Morgan fingerprint density at radius 1 is 1.07 bits per heavy atom. The van der Waals surface area contributed by atoms with E-state index in [0.717, 1.165) is 29.9 Å². The molecule has 0 saturated heterocycles. The molecule has 2 aromatic heterocycles. The fourth-order valence-electron chi connectivity index (χ4n) is 3.19. The van der Waals surface area contributed by atoms with Gasteiger partial charge in [-0.15, -0.1) is 0 Å². The first-order valence-electron chi connectivity index (χ1n) is 9.13. The highest BCUT2D eigenvalue weighted by molar-refractivity contribution is 5.83. The van der Waals surface area contributed by atoms with Gasteiger partial charge in [-0.25, -0.2) is 4.98 Å². The van der Waals surface area contributed by atoms with Gasteiger partial charge in [-0.1, -0.05) is 30.3 Å². The van der Waals surface area contributed by atoms with Crippen LogP contribution in [0.25, 0.3) is 10.9 Å². The Morgan fingerprint density at radius 3 is 2.79 bits per heavy atom. The molecule has 2 aromatic carbocycles. The van der Waals surface area contributed by atoms with Gasteiger partial charge in [0.2, 0.25) is 5.95 Å². The zero-order valence-electron chi connectivity index (χ0n) is 15.5. The number of nitrogens with zero attached hydrogens (tertiary/aromatic N) is 3. The SMILES string of the molecule is Cc1cc(Nc2ccccc2C#N)nc(NCCc2c[nH]c3ccccc23)n1. The third-order valence-corrected chi connectivity index (χ3v) is 4.52. The minimum absolute atomic E-state index is 0.566. The average Bonchev–Trinajstić information content (AvgIpc) is 3.11. The van der Waals surface area contributed by atoms with E-state index in [-0.39, 0.29) is 0 Å². The van der Waals surface area contributed by atoms with E-state index in [1.165, 1.54) is 10.9 Å². The van der Waals surface area contributed by atoms with Gasteiger partial charge < -0.3 is 15.6 Å². The van der Waals surface area contributed by atoms with Crippen molar-refractivity contribution in [1.29, 1.82) is 5.26 Å². The van der Waals surface area contributed by atoms with Gasteiger partial charge in [-0.3, -0.25) is 0 Å². The summed E-state index contributed by atoms with van der Waals surface area (Å²) in [6.45, 7) is 2.65. The molecule has 0 bridgehead atoms. The summed E-state index contributed by atoms with van der Waals surface area (Å²) in [5.74, 6) is 1.22.